The van der Waals surface area contributed by atoms with E-state index in [4.69, 9.17) is 0 Å². The molecular weight excluding hydrogens is 554 g/mol. The second kappa shape index (κ2) is 13.5. The van der Waals surface area contributed by atoms with Gasteiger partial charge in [0.2, 0.25) is 0 Å². The molecule has 1 aromatic carbocycles. The van der Waals surface area contributed by atoms with Crippen molar-refractivity contribution in [3.8, 4) is 5.75 Å². The number of phenols is 1. The summed E-state index contributed by atoms with van der Waals surface area (Å²) in [6.07, 6.45) is 13.0. The third-order valence-corrected chi connectivity index (χ3v) is 10.7. The summed E-state index contributed by atoms with van der Waals surface area (Å²) in [4.78, 5) is 4.19. The molecule has 3 aliphatic rings. The highest BCUT2D eigenvalue weighted by molar-refractivity contribution is 8.03. The van der Waals surface area contributed by atoms with Gasteiger partial charge >= 0.3 is 0 Å². The van der Waals surface area contributed by atoms with Gasteiger partial charge in [-0.25, -0.2) is 8.70 Å². The van der Waals surface area contributed by atoms with E-state index in [1.165, 1.54) is 31.7 Å². The number of oxime groups is 1. The van der Waals surface area contributed by atoms with E-state index in [9.17, 15) is 14.7 Å². The zero-order valence-electron chi connectivity index (χ0n) is 24.6. The lowest BCUT2D eigenvalue weighted by Gasteiger charge is -2.35. The standard InChI is InChI=1S/C33H42FN3O2S2/c1-7-25(40-27-11-13-33(5,6)14-12-27)20-28-22(3)23(4)29(32(28)35-39)21-26(8-2)41-37-17-15-36(16-18-37)30-10-9-24(34)19-31(30)38/h7-10,19-21,27,38-39H,1,4,11-18H2,2-3,5-6H3/b25-20+,26-8+,29-21+,35-32+. The average molecular weight is 596 g/mol. The largest absolute Gasteiger partial charge is 0.506 e. The first-order chi connectivity index (χ1) is 19.5. The van der Waals surface area contributed by atoms with Crippen molar-refractivity contribution in [3.05, 3.63) is 93.6 Å². The maximum atomic E-state index is 13.4. The number of thioether (sulfide) groups is 1. The van der Waals surface area contributed by atoms with Crippen LogP contribution in [0.1, 0.15) is 53.4 Å². The Kier molecular flexibility index (Phi) is 10.3. The summed E-state index contributed by atoms with van der Waals surface area (Å²) in [6, 6.07) is 4.16. The number of hydrogen-bond acceptors (Lipinski definition) is 7. The molecule has 5 nitrogen and oxygen atoms in total. The Morgan fingerprint density at radius 2 is 1.83 bits per heavy atom. The topological polar surface area (TPSA) is 59.3 Å². The van der Waals surface area contributed by atoms with Crippen LogP contribution in [0.5, 0.6) is 5.75 Å². The first-order valence-electron chi connectivity index (χ1n) is 14.2. The van der Waals surface area contributed by atoms with Crippen LogP contribution >= 0.6 is 23.7 Å². The molecule has 2 aliphatic carbocycles. The molecule has 2 N–H and O–H groups in total. The van der Waals surface area contributed by atoms with Gasteiger partial charge in [-0.1, -0.05) is 44.3 Å². The predicted octanol–water partition coefficient (Wildman–Crippen LogP) is 8.62. The normalized spacial score (nSPS) is 23.2. The number of halogens is 1. The van der Waals surface area contributed by atoms with Gasteiger partial charge < -0.3 is 15.2 Å². The summed E-state index contributed by atoms with van der Waals surface area (Å²) in [6.45, 7) is 20.1. The second-order valence-electron chi connectivity index (χ2n) is 11.6. The summed E-state index contributed by atoms with van der Waals surface area (Å²) >= 11 is 3.53. The first-order valence-corrected chi connectivity index (χ1v) is 15.9. The van der Waals surface area contributed by atoms with Gasteiger partial charge in [0, 0.05) is 58.5 Å². The molecule has 0 amide bonds. The number of allylic oxidation sites excluding steroid dienone is 8. The number of anilines is 1. The molecule has 41 heavy (non-hydrogen) atoms. The number of nitrogens with zero attached hydrogens (tertiary/aromatic N) is 3. The molecule has 0 radical (unpaired) electrons. The zero-order valence-corrected chi connectivity index (χ0v) is 26.3. The van der Waals surface area contributed by atoms with E-state index < -0.39 is 5.82 Å². The minimum Gasteiger partial charge on any atom is -0.506 e. The van der Waals surface area contributed by atoms with Crippen LogP contribution in [0.2, 0.25) is 0 Å². The number of piperazine rings is 1. The van der Waals surface area contributed by atoms with Gasteiger partial charge in [-0.15, -0.1) is 11.8 Å². The lowest BCUT2D eigenvalue weighted by molar-refractivity contribution is 0.249. The Morgan fingerprint density at radius 3 is 2.41 bits per heavy atom. The van der Waals surface area contributed by atoms with Gasteiger partial charge in [0.15, 0.2) is 0 Å². The Hall–Kier alpha value is -2.68. The molecule has 8 heteroatoms. The van der Waals surface area contributed by atoms with E-state index in [1.54, 1.807) is 18.0 Å². The van der Waals surface area contributed by atoms with Gasteiger partial charge in [0.1, 0.15) is 17.3 Å². The molecule has 0 bridgehead atoms. The molecule has 1 aromatic rings. The molecule has 1 saturated heterocycles. The lowest BCUT2D eigenvalue weighted by atomic mass is 9.77. The zero-order chi connectivity index (χ0) is 29.7. The van der Waals surface area contributed by atoms with Gasteiger partial charge in [0.25, 0.3) is 0 Å². The quantitative estimate of drug-likeness (QED) is 0.136. The van der Waals surface area contributed by atoms with Crippen LogP contribution in [0.15, 0.2) is 92.9 Å². The number of phenolic OH excluding ortho intramolecular Hbond substituents is 1. The Labute approximate surface area is 253 Å². The molecule has 2 fully saturated rings. The average Bonchev–Trinajstić information content (AvgIpc) is 3.17. The van der Waals surface area contributed by atoms with Crippen molar-refractivity contribution < 1.29 is 14.7 Å². The van der Waals surface area contributed by atoms with E-state index in [1.807, 2.05) is 31.7 Å². The molecule has 220 valence electrons. The lowest BCUT2D eigenvalue weighted by Crippen LogP contribution is -2.43. The molecule has 0 unspecified atom stereocenters. The molecule has 0 spiro atoms. The highest BCUT2D eigenvalue weighted by atomic mass is 32.2. The van der Waals surface area contributed by atoms with E-state index in [2.05, 4.69) is 59.6 Å². The summed E-state index contributed by atoms with van der Waals surface area (Å²) in [7, 11) is 0. The Balaban J connectivity index is 1.43. The maximum Gasteiger partial charge on any atom is 0.141 e. The van der Waals surface area contributed by atoms with Crippen molar-refractivity contribution in [2.45, 2.75) is 58.6 Å². The highest BCUT2D eigenvalue weighted by Gasteiger charge is 2.30. The van der Waals surface area contributed by atoms with Crippen molar-refractivity contribution in [1.82, 2.24) is 4.31 Å². The van der Waals surface area contributed by atoms with Gasteiger partial charge in [0.05, 0.1) is 5.69 Å². The Morgan fingerprint density at radius 1 is 1.15 bits per heavy atom. The molecule has 1 heterocycles. The first kappa shape index (κ1) is 31.3. The number of rotatable bonds is 8. The number of aromatic hydroxyl groups is 1. The molecule has 4 rings (SSSR count). The SMILES string of the molecule is C=C/C(=C\C1=C(C)C(=C)C(=C\C(=C/C)SN2CCN(c3ccc(F)cc3O)CC2)/C1=N/O)SC1CCC(C)(C)CC1. The minimum absolute atomic E-state index is 0.0334. The molecule has 1 aliphatic heterocycles. The fourth-order valence-electron chi connectivity index (χ4n) is 5.47. The van der Waals surface area contributed by atoms with Crippen LogP contribution < -0.4 is 4.90 Å². The second-order valence-corrected chi connectivity index (χ2v) is 14.1. The number of hydrogen-bond donors (Lipinski definition) is 2. The van der Waals surface area contributed by atoms with Crippen molar-refractivity contribution >= 4 is 35.1 Å². The fraction of sp³-hybridized carbons (Fsp3) is 0.424. The smallest absolute Gasteiger partial charge is 0.141 e. The third kappa shape index (κ3) is 7.59. The Bertz CT molecular complexity index is 1320. The van der Waals surface area contributed by atoms with Gasteiger partial charge in [-0.3, -0.25) is 0 Å². The fourth-order valence-corrected chi connectivity index (χ4v) is 7.53. The van der Waals surface area contributed by atoms with E-state index in [-0.39, 0.29) is 5.75 Å². The minimum atomic E-state index is -0.443. The molecule has 0 atom stereocenters. The molecule has 0 aromatic heterocycles. The van der Waals surface area contributed by atoms with Crippen molar-refractivity contribution in [3.63, 3.8) is 0 Å². The van der Waals surface area contributed by atoms with E-state index in [0.717, 1.165) is 51.3 Å². The van der Waals surface area contributed by atoms with Crippen LogP contribution in [0.25, 0.3) is 0 Å². The van der Waals surface area contributed by atoms with E-state index in [0.29, 0.717) is 35.2 Å². The molecular formula is C33H42FN3O2S2. The number of benzene rings is 1. The summed E-state index contributed by atoms with van der Waals surface area (Å²) < 4.78 is 15.7. The predicted molar refractivity (Wildman–Crippen MR) is 174 cm³/mol. The summed E-state index contributed by atoms with van der Waals surface area (Å²) in [5.41, 5.74) is 5.18. The van der Waals surface area contributed by atoms with Crippen LogP contribution in [0.3, 0.4) is 0 Å². The van der Waals surface area contributed by atoms with Crippen LogP contribution in [0, 0.1) is 11.2 Å². The van der Waals surface area contributed by atoms with Crippen LogP contribution in [-0.4, -0.2) is 51.8 Å². The van der Waals surface area contributed by atoms with E-state index >= 15 is 0 Å². The van der Waals surface area contributed by atoms with Gasteiger partial charge in [-0.2, -0.15) is 0 Å². The molecule has 1 saturated carbocycles. The maximum absolute atomic E-state index is 13.4. The highest BCUT2D eigenvalue weighted by Crippen LogP contribution is 2.43. The van der Waals surface area contributed by atoms with Crippen LogP contribution in [-0.2, 0) is 0 Å². The summed E-state index contributed by atoms with van der Waals surface area (Å²) in [5.74, 6) is -0.476. The van der Waals surface area contributed by atoms with Gasteiger partial charge in [-0.05, 0) is 92.3 Å². The summed E-state index contributed by atoms with van der Waals surface area (Å²) in [5, 5.41) is 24.6. The van der Waals surface area contributed by atoms with Crippen molar-refractivity contribution in [2.75, 3.05) is 31.1 Å². The third-order valence-electron chi connectivity index (χ3n) is 8.19. The monoisotopic (exact) mass is 595 g/mol. The van der Waals surface area contributed by atoms with Crippen molar-refractivity contribution in [1.29, 1.82) is 0 Å². The van der Waals surface area contributed by atoms with Crippen molar-refractivity contribution in [2.24, 2.45) is 10.6 Å². The van der Waals surface area contributed by atoms with Crippen LogP contribution in [0.4, 0.5) is 10.1 Å².